The monoisotopic (exact) mass is 250 g/mol. The van der Waals surface area contributed by atoms with Crippen LogP contribution in [0.2, 0.25) is 5.02 Å². The van der Waals surface area contributed by atoms with E-state index in [1.165, 1.54) is 0 Å². The van der Waals surface area contributed by atoms with Gasteiger partial charge < -0.3 is 10.2 Å². The van der Waals surface area contributed by atoms with Crippen LogP contribution in [0.25, 0.3) is 11.1 Å². The molecular weight excluding hydrogens is 236 g/mol. The number of rotatable bonds is 1. The molecule has 1 aromatic heterocycles. The highest BCUT2D eigenvalue weighted by atomic mass is 35.5. The molecule has 1 fully saturated rings. The lowest BCUT2D eigenvalue weighted by Crippen LogP contribution is -2.26. The normalized spacial score (nSPS) is 25.3. The third-order valence-corrected chi connectivity index (χ3v) is 3.67. The second-order valence-electron chi connectivity index (χ2n) is 4.79. The van der Waals surface area contributed by atoms with E-state index in [2.05, 4.69) is 4.98 Å². The van der Waals surface area contributed by atoms with Crippen LogP contribution in [0.3, 0.4) is 0 Å². The lowest BCUT2D eigenvalue weighted by molar-refractivity contribution is 0.343. The van der Waals surface area contributed by atoms with E-state index in [-0.39, 0.29) is 6.04 Å². The third kappa shape index (κ3) is 2.17. The van der Waals surface area contributed by atoms with Gasteiger partial charge in [-0.05, 0) is 37.5 Å². The summed E-state index contributed by atoms with van der Waals surface area (Å²) >= 11 is 5.94. The molecule has 17 heavy (non-hydrogen) atoms. The lowest BCUT2D eigenvalue weighted by atomic mass is 9.86. The highest BCUT2D eigenvalue weighted by Gasteiger charge is 2.24. The maximum Gasteiger partial charge on any atom is 0.198 e. The Morgan fingerprint density at radius 3 is 3.06 bits per heavy atom. The molecule has 4 heteroatoms. The SMILES string of the molecule is NC1CCCC(c2nc3cc(Cl)ccc3o2)C1. The van der Waals surface area contributed by atoms with Crippen molar-refractivity contribution < 1.29 is 4.42 Å². The number of hydrogen-bond donors (Lipinski definition) is 1. The van der Waals surface area contributed by atoms with Gasteiger partial charge in [0.15, 0.2) is 11.5 Å². The van der Waals surface area contributed by atoms with Gasteiger partial charge >= 0.3 is 0 Å². The zero-order chi connectivity index (χ0) is 11.8. The van der Waals surface area contributed by atoms with Gasteiger partial charge in [-0.3, -0.25) is 0 Å². The molecule has 2 atom stereocenters. The Bertz CT molecular complexity index is 537. The fourth-order valence-corrected chi connectivity index (χ4v) is 2.71. The van der Waals surface area contributed by atoms with Crippen molar-refractivity contribution in [2.75, 3.05) is 0 Å². The Morgan fingerprint density at radius 1 is 1.35 bits per heavy atom. The summed E-state index contributed by atoms with van der Waals surface area (Å²) in [5, 5.41) is 0.692. The van der Waals surface area contributed by atoms with Gasteiger partial charge in [-0.2, -0.15) is 0 Å². The Morgan fingerprint density at radius 2 is 2.24 bits per heavy atom. The van der Waals surface area contributed by atoms with Crippen LogP contribution in [0.5, 0.6) is 0 Å². The molecule has 2 unspecified atom stereocenters. The molecule has 0 saturated heterocycles. The van der Waals surface area contributed by atoms with Gasteiger partial charge in [-0.15, -0.1) is 0 Å². The largest absolute Gasteiger partial charge is 0.440 e. The fourth-order valence-electron chi connectivity index (χ4n) is 2.54. The Labute approximate surface area is 105 Å². The van der Waals surface area contributed by atoms with E-state index >= 15 is 0 Å². The maximum absolute atomic E-state index is 5.99. The molecule has 3 nitrogen and oxygen atoms in total. The standard InChI is InChI=1S/C13H15ClN2O/c14-9-4-5-12-11(7-9)16-13(17-12)8-2-1-3-10(15)6-8/h4-5,7-8,10H,1-3,6,15H2. The van der Waals surface area contributed by atoms with Gasteiger partial charge in [-0.1, -0.05) is 18.0 Å². The molecule has 2 N–H and O–H groups in total. The van der Waals surface area contributed by atoms with Crippen molar-refractivity contribution in [3.8, 4) is 0 Å². The first-order valence-electron chi connectivity index (χ1n) is 6.04. The van der Waals surface area contributed by atoms with Crippen LogP contribution in [0.1, 0.15) is 37.5 Å². The fraction of sp³-hybridized carbons (Fsp3) is 0.462. The molecule has 1 heterocycles. The summed E-state index contributed by atoms with van der Waals surface area (Å²) in [5.41, 5.74) is 7.64. The molecule has 1 aliphatic carbocycles. The summed E-state index contributed by atoms with van der Waals surface area (Å²) in [6.45, 7) is 0. The Hall–Kier alpha value is -1.06. The topological polar surface area (TPSA) is 52.0 Å². The number of nitrogens with two attached hydrogens (primary N) is 1. The number of halogens is 1. The van der Waals surface area contributed by atoms with E-state index < -0.39 is 0 Å². The first-order chi connectivity index (χ1) is 8.22. The summed E-state index contributed by atoms with van der Waals surface area (Å²) in [7, 11) is 0. The van der Waals surface area contributed by atoms with Crippen LogP contribution in [0.4, 0.5) is 0 Å². The molecule has 1 aliphatic rings. The zero-order valence-corrected chi connectivity index (χ0v) is 10.3. The molecule has 0 amide bonds. The molecule has 90 valence electrons. The van der Waals surface area contributed by atoms with Crippen molar-refractivity contribution in [1.29, 1.82) is 0 Å². The van der Waals surface area contributed by atoms with Crippen LogP contribution < -0.4 is 5.73 Å². The second-order valence-corrected chi connectivity index (χ2v) is 5.22. The van der Waals surface area contributed by atoms with E-state index in [0.29, 0.717) is 10.9 Å². The number of oxazole rings is 1. The van der Waals surface area contributed by atoms with Crippen molar-refractivity contribution in [2.45, 2.75) is 37.6 Å². The van der Waals surface area contributed by atoms with Gasteiger partial charge in [0.05, 0.1) is 0 Å². The van der Waals surface area contributed by atoms with E-state index in [4.69, 9.17) is 21.8 Å². The van der Waals surface area contributed by atoms with Gasteiger partial charge in [0, 0.05) is 17.0 Å². The van der Waals surface area contributed by atoms with Crippen molar-refractivity contribution >= 4 is 22.7 Å². The van der Waals surface area contributed by atoms with Gasteiger partial charge in [0.1, 0.15) is 5.52 Å². The predicted molar refractivity (Wildman–Crippen MR) is 68.2 cm³/mol. The Balaban J connectivity index is 1.94. The summed E-state index contributed by atoms with van der Waals surface area (Å²) in [6.07, 6.45) is 4.36. The quantitative estimate of drug-likeness (QED) is 0.843. The van der Waals surface area contributed by atoms with Gasteiger partial charge in [0.25, 0.3) is 0 Å². The lowest BCUT2D eigenvalue weighted by Gasteiger charge is -2.23. The number of aromatic nitrogens is 1. The first-order valence-corrected chi connectivity index (χ1v) is 6.42. The Kier molecular flexibility index (Phi) is 2.81. The van der Waals surface area contributed by atoms with E-state index in [1.54, 1.807) is 0 Å². The number of nitrogens with zero attached hydrogens (tertiary/aromatic N) is 1. The molecule has 0 aliphatic heterocycles. The second kappa shape index (κ2) is 4.31. The van der Waals surface area contributed by atoms with Crippen LogP contribution in [-0.2, 0) is 0 Å². The molecule has 1 saturated carbocycles. The number of benzene rings is 1. The highest BCUT2D eigenvalue weighted by molar-refractivity contribution is 6.31. The number of fused-ring (bicyclic) bond motifs is 1. The van der Waals surface area contributed by atoms with Crippen molar-refractivity contribution in [1.82, 2.24) is 4.98 Å². The van der Waals surface area contributed by atoms with Crippen molar-refractivity contribution in [3.63, 3.8) is 0 Å². The van der Waals surface area contributed by atoms with Gasteiger partial charge in [-0.25, -0.2) is 4.98 Å². The van der Waals surface area contributed by atoms with E-state index in [9.17, 15) is 0 Å². The predicted octanol–water partition coefficient (Wildman–Crippen LogP) is 3.47. The van der Waals surface area contributed by atoms with E-state index in [0.717, 1.165) is 42.7 Å². The van der Waals surface area contributed by atoms with Gasteiger partial charge in [0.2, 0.25) is 0 Å². The van der Waals surface area contributed by atoms with E-state index in [1.807, 2.05) is 18.2 Å². The molecular formula is C13H15ClN2O. The minimum atomic E-state index is 0.285. The molecule has 1 aromatic carbocycles. The molecule has 2 aromatic rings. The number of hydrogen-bond acceptors (Lipinski definition) is 3. The molecule has 0 bridgehead atoms. The van der Waals surface area contributed by atoms with Crippen LogP contribution in [0, 0.1) is 0 Å². The van der Waals surface area contributed by atoms with Crippen LogP contribution in [-0.4, -0.2) is 11.0 Å². The summed E-state index contributed by atoms with van der Waals surface area (Å²) in [6, 6.07) is 5.82. The molecule has 0 radical (unpaired) electrons. The minimum Gasteiger partial charge on any atom is -0.440 e. The van der Waals surface area contributed by atoms with Crippen molar-refractivity contribution in [3.05, 3.63) is 29.1 Å². The molecule has 0 spiro atoms. The maximum atomic E-state index is 5.99. The summed E-state index contributed by atoms with van der Waals surface area (Å²) < 4.78 is 5.79. The first kappa shape index (κ1) is 11.1. The summed E-state index contributed by atoms with van der Waals surface area (Å²) in [4.78, 5) is 4.53. The third-order valence-electron chi connectivity index (χ3n) is 3.43. The van der Waals surface area contributed by atoms with Crippen LogP contribution in [0.15, 0.2) is 22.6 Å². The zero-order valence-electron chi connectivity index (χ0n) is 9.53. The highest BCUT2D eigenvalue weighted by Crippen LogP contribution is 2.33. The summed E-state index contributed by atoms with van der Waals surface area (Å²) in [5.74, 6) is 1.18. The van der Waals surface area contributed by atoms with Crippen LogP contribution >= 0.6 is 11.6 Å². The smallest absolute Gasteiger partial charge is 0.198 e. The average molecular weight is 251 g/mol. The van der Waals surface area contributed by atoms with Crippen molar-refractivity contribution in [2.24, 2.45) is 5.73 Å². The molecule has 3 rings (SSSR count). The minimum absolute atomic E-state index is 0.285. The average Bonchev–Trinajstić information content (AvgIpc) is 2.72.